The minimum atomic E-state index is 0.0654. The molecule has 0 radical (unpaired) electrons. The Morgan fingerprint density at radius 3 is 2.42 bits per heavy atom. The van der Waals surface area contributed by atoms with E-state index in [1.165, 1.54) is 6.33 Å². The molecule has 1 aliphatic heterocycles. The molecular weight excluding hydrogens is 244 g/mol. The van der Waals surface area contributed by atoms with Crippen molar-refractivity contribution in [1.29, 1.82) is 0 Å². The lowest BCUT2D eigenvalue weighted by Gasteiger charge is -2.20. The Morgan fingerprint density at radius 1 is 1.26 bits per heavy atom. The van der Waals surface area contributed by atoms with Gasteiger partial charge in [0.15, 0.2) is 0 Å². The van der Waals surface area contributed by atoms with Gasteiger partial charge in [-0.05, 0) is 6.42 Å². The van der Waals surface area contributed by atoms with Crippen LogP contribution in [0.1, 0.15) is 18.9 Å². The highest BCUT2D eigenvalue weighted by Gasteiger charge is 2.34. The van der Waals surface area contributed by atoms with Crippen molar-refractivity contribution < 1.29 is 9.47 Å². The normalized spacial score (nSPS) is 23.0. The Labute approximate surface area is 113 Å². The molecule has 1 aliphatic rings. The molecule has 0 aromatic carbocycles. The molecule has 2 N–H and O–H groups in total. The number of rotatable bonds is 5. The van der Waals surface area contributed by atoms with E-state index >= 15 is 0 Å². The summed E-state index contributed by atoms with van der Waals surface area (Å²) in [6.45, 7) is 3.65. The lowest BCUT2D eigenvalue weighted by molar-refractivity contribution is -0.00461. The van der Waals surface area contributed by atoms with Gasteiger partial charge in [0, 0.05) is 32.9 Å². The molecular formula is C13H22N4O2. The van der Waals surface area contributed by atoms with Gasteiger partial charge in [-0.3, -0.25) is 0 Å². The van der Waals surface area contributed by atoms with E-state index in [2.05, 4.69) is 21.8 Å². The maximum absolute atomic E-state index is 5.97. The zero-order valence-corrected chi connectivity index (χ0v) is 11.8. The molecule has 19 heavy (non-hydrogen) atoms. The van der Waals surface area contributed by atoms with Gasteiger partial charge in [-0.15, -0.1) is 0 Å². The fourth-order valence-electron chi connectivity index (χ4n) is 2.55. The molecule has 1 fully saturated rings. The molecule has 2 atom stereocenters. The Bertz CT molecular complexity index is 415. The Hall–Kier alpha value is -1.40. The number of nitrogens with two attached hydrogens (primary N) is 1. The summed E-state index contributed by atoms with van der Waals surface area (Å²) in [5.41, 5.74) is 6.99. The van der Waals surface area contributed by atoms with Crippen molar-refractivity contribution in [2.24, 2.45) is 0 Å². The fourth-order valence-corrected chi connectivity index (χ4v) is 2.55. The molecule has 1 saturated heterocycles. The van der Waals surface area contributed by atoms with Crippen molar-refractivity contribution in [2.75, 3.05) is 37.9 Å². The minimum Gasteiger partial charge on any atom is -0.383 e. The number of nitrogens with zero attached hydrogens (tertiary/aromatic N) is 3. The standard InChI is InChI=1S/C13H22N4O2/c1-4-5-9-12(14)15-8-16-13(9)17-6-10(18-2)11(7-17)19-3/h8,10-11H,4-7H2,1-3H3,(H2,14,15,16). The number of nitrogen functional groups attached to an aromatic ring is 1. The molecule has 0 saturated carbocycles. The quantitative estimate of drug-likeness (QED) is 0.852. The van der Waals surface area contributed by atoms with Crippen LogP contribution in [-0.4, -0.2) is 49.5 Å². The molecule has 2 unspecified atom stereocenters. The molecule has 0 amide bonds. The third-order valence-corrected chi connectivity index (χ3v) is 3.58. The maximum atomic E-state index is 5.97. The van der Waals surface area contributed by atoms with Crippen molar-refractivity contribution in [3.63, 3.8) is 0 Å². The maximum Gasteiger partial charge on any atom is 0.137 e. The summed E-state index contributed by atoms with van der Waals surface area (Å²) in [6, 6.07) is 0. The van der Waals surface area contributed by atoms with Gasteiger partial charge in [0.25, 0.3) is 0 Å². The number of anilines is 2. The molecule has 6 nitrogen and oxygen atoms in total. The van der Waals surface area contributed by atoms with E-state index in [0.717, 1.165) is 37.3 Å². The molecule has 1 aromatic heterocycles. The second kappa shape index (κ2) is 6.16. The highest BCUT2D eigenvalue weighted by molar-refractivity contribution is 5.57. The lowest BCUT2D eigenvalue weighted by atomic mass is 10.1. The second-order valence-corrected chi connectivity index (χ2v) is 4.76. The van der Waals surface area contributed by atoms with E-state index in [-0.39, 0.29) is 12.2 Å². The molecule has 0 spiro atoms. The molecule has 0 aliphatic carbocycles. The summed E-state index contributed by atoms with van der Waals surface area (Å²) < 4.78 is 10.9. The number of hydrogen-bond acceptors (Lipinski definition) is 6. The van der Waals surface area contributed by atoms with Crippen LogP contribution in [0.3, 0.4) is 0 Å². The number of ether oxygens (including phenoxy) is 2. The topological polar surface area (TPSA) is 73.5 Å². The number of aromatic nitrogens is 2. The first kappa shape index (κ1) is 14.0. The van der Waals surface area contributed by atoms with E-state index in [0.29, 0.717) is 5.82 Å². The first-order valence-corrected chi connectivity index (χ1v) is 6.61. The lowest BCUT2D eigenvalue weighted by Crippen LogP contribution is -2.27. The number of methoxy groups -OCH3 is 2. The van der Waals surface area contributed by atoms with Gasteiger partial charge >= 0.3 is 0 Å². The van der Waals surface area contributed by atoms with E-state index in [4.69, 9.17) is 15.2 Å². The molecule has 1 aromatic rings. The Kier molecular flexibility index (Phi) is 4.55. The van der Waals surface area contributed by atoms with E-state index in [9.17, 15) is 0 Å². The van der Waals surface area contributed by atoms with Gasteiger partial charge in [-0.1, -0.05) is 13.3 Å². The first-order chi connectivity index (χ1) is 9.21. The van der Waals surface area contributed by atoms with Crippen LogP contribution < -0.4 is 10.6 Å². The van der Waals surface area contributed by atoms with Crippen LogP contribution in [-0.2, 0) is 15.9 Å². The Balaban J connectivity index is 2.25. The van der Waals surface area contributed by atoms with Crippen LogP contribution in [0.15, 0.2) is 6.33 Å². The summed E-state index contributed by atoms with van der Waals surface area (Å²) in [6.07, 6.45) is 3.55. The van der Waals surface area contributed by atoms with E-state index in [1.54, 1.807) is 14.2 Å². The van der Waals surface area contributed by atoms with Crippen molar-refractivity contribution in [1.82, 2.24) is 9.97 Å². The summed E-state index contributed by atoms with van der Waals surface area (Å²) >= 11 is 0. The molecule has 2 heterocycles. The SMILES string of the molecule is CCCc1c(N)ncnc1N1CC(OC)C(OC)C1. The molecule has 6 heteroatoms. The predicted molar refractivity (Wildman–Crippen MR) is 74.2 cm³/mol. The van der Waals surface area contributed by atoms with Crippen LogP contribution >= 0.6 is 0 Å². The van der Waals surface area contributed by atoms with Gasteiger partial charge in [-0.2, -0.15) is 0 Å². The van der Waals surface area contributed by atoms with Gasteiger partial charge < -0.3 is 20.1 Å². The van der Waals surface area contributed by atoms with Crippen LogP contribution in [0.2, 0.25) is 0 Å². The van der Waals surface area contributed by atoms with Crippen molar-refractivity contribution in [3.05, 3.63) is 11.9 Å². The van der Waals surface area contributed by atoms with Gasteiger partial charge in [0.2, 0.25) is 0 Å². The second-order valence-electron chi connectivity index (χ2n) is 4.76. The summed E-state index contributed by atoms with van der Waals surface area (Å²) in [5.74, 6) is 1.48. The molecule has 106 valence electrons. The van der Waals surface area contributed by atoms with Crippen LogP contribution in [0.25, 0.3) is 0 Å². The van der Waals surface area contributed by atoms with Crippen molar-refractivity contribution in [2.45, 2.75) is 32.0 Å². The van der Waals surface area contributed by atoms with E-state index in [1.807, 2.05) is 0 Å². The third kappa shape index (κ3) is 2.79. The number of hydrogen-bond donors (Lipinski definition) is 1. The minimum absolute atomic E-state index is 0.0654. The molecule has 0 bridgehead atoms. The Morgan fingerprint density at radius 2 is 1.89 bits per heavy atom. The largest absolute Gasteiger partial charge is 0.383 e. The molecule has 2 rings (SSSR count). The predicted octanol–water partition coefficient (Wildman–Crippen LogP) is 0.861. The highest BCUT2D eigenvalue weighted by atomic mass is 16.5. The van der Waals surface area contributed by atoms with Gasteiger partial charge in [0.1, 0.15) is 30.2 Å². The third-order valence-electron chi connectivity index (χ3n) is 3.58. The van der Waals surface area contributed by atoms with Gasteiger partial charge in [-0.25, -0.2) is 9.97 Å². The average molecular weight is 266 g/mol. The van der Waals surface area contributed by atoms with Gasteiger partial charge in [0.05, 0.1) is 0 Å². The zero-order valence-electron chi connectivity index (χ0n) is 11.8. The van der Waals surface area contributed by atoms with Crippen molar-refractivity contribution in [3.8, 4) is 0 Å². The summed E-state index contributed by atoms with van der Waals surface area (Å²) in [7, 11) is 3.42. The van der Waals surface area contributed by atoms with Crippen LogP contribution in [0.4, 0.5) is 11.6 Å². The summed E-state index contributed by atoms with van der Waals surface area (Å²) in [4.78, 5) is 10.7. The average Bonchev–Trinajstić information content (AvgIpc) is 2.84. The fraction of sp³-hybridized carbons (Fsp3) is 0.692. The van der Waals surface area contributed by atoms with Crippen LogP contribution in [0.5, 0.6) is 0 Å². The van der Waals surface area contributed by atoms with E-state index < -0.39 is 0 Å². The zero-order chi connectivity index (χ0) is 13.8. The first-order valence-electron chi connectivity index (χ1n) is 6.61. The highest BCUT2D eigenvalue weighted by Crippen LogP contribution is 2.27. The smallest absolute Gasteiger partial charge is 0.137 e. The van der Waals surface area contributed by atoms with Crippen molar-refractivity contribution >= 4 is 11.6 Å². The monoisotopic (exact) mass is 266 g/mol. The van der Waals surface area contributed by atoms with Crippen LogP contribution in [0, 0.1) is 0 Å². The summed E-state index contributed by atoms with van der Waals surface area (Å²) in [5, 5.41) is 0.